The van der Waals surface area contributed by atoms with Gasteiger partial charge in [0.25, 0.3) is 5.91 Å². The Labute approximate surface area is 111 Å². The molecular weight excluding hydrogens is 248 g/mol. The second-order valence-electron chi connectivity index (χ2n) is 3.60. The molecule has 0 aliphatic rings. The van der Waals surface area contributed by atoms with E-state index in [1.54, 1.807) is 12.1 Å². The quantitative estimate of drug-likeness (QED) is 0.596. The van der Waals surface area contributed by atoms with Crippen molar-refractivity contribution in [3.8, 4) is 11.8 Å². The third-order valence-electron chi connectivity index (χ3n) is 2.25. The van der Waals surface area contributed by atoms with Gasteiger partial charge in [-0.05, 0) is 12.1 Å². The lowest BCUT2D eigenvalue weighted by molar-refractivity contribution is -0.141. The van der Waals surface area contributed by atoms with E-state index in [2.05, 4.69) is 21.6 Å². The lowest BCUT2D eigenvalue weighted by Gasteiger charge is -2.15. The highest BCUT2D eigenvalue weighted by atomic mass is 16.5. The van der Waals surface area contributed by atoms with Crippen LogP contribution in [0.2, 0.25) is 0 Å². The second kappa shape index (κ2) is 7.13. The topological polar surface area (TPSA) is 79.7 Å². The summed E-state index contributed by atoms with van der Waals surface area (Å²) in [6.45, 7) is -0.473. The van der Waals surface area contributed by atoms with Crippen molar-refractivity contribution in [2.24, 2.45) is 0 Å². The Morgan fingerprint density at radius 2 is 2.26 bits per heavy atom. The zero-order valence-corrected chi connectivity index (χ0v) is 10.7. The fourth-order valence-corrected chi connectivity index (χ4v) is 1.32. The number of carbonyl (C=O) groups is 2. The highest BCUT2D eigenvalue weighted by Gasteiger charge is 2.18. The van der Waals surface area contributed by atoms with E-state index in [-0.39, 0.29) is 18.8 Å². The van der Waals surface area contributed by atoms with Crippen molar-refractivity contribution in [2.75, 3.05) is 27.3 Å². The molecule has 1 rings (SSSR count). The number of hydrogen-bond donors (Lipinski definition) is 1. The van der Waals surface area contributed by atoms with Crippen LogP contribution in [0.5, 0.6) is 0 Å². The van der Waals surface area contributed by atoms with Crippen molar-refractivity contribution in [1.82, 2.24) is 9.88 Å². The van der Waals surface area contributed by atoms with Crippen LogP contribution in [-0.4, -0.2) is 54.2 Å². The van der Waals surface area contributed by atoms with Crippen LogP contribution in [0, 0.1) is 11.8 Å². The highest BCUT2D eigenvalue weighted by Crippen LogP contribution is 2.06. The number of aliphatic hydroxyl groups is 1. The van der Waals surface area contributed by atoms with Crippen LogP contribution in [0.1, 0.15) is 16.1 Å². The van der Waals surface area contributed by atoms with E-state index in [0.29, 0.717) is 5.56 Å². The number of pyridine rings is 1. The van der Waals surface area contributed by atoms with Gasteiger partial charge in [-0.1, -0.05) is 11.8 Å². The Bertz CT molecular complexity index is 531. The molecule has 0 bridgehead atoms. The van der Waals surface area contributed by atoms with E-state index >= 15 is 0 Å². The number of likely N-dealkylation sites (N-methyl/N-ethyl adjacent to an activating group) is 1. The molecule has 0 saturated heterocycles. The standard InChI is InChI=1S/C13H14N2O4/c1-15(9-11(17)19-2)13(18)12-10(6-4-8-16)5-3-7-14-12/h3,5,7,16H,8-9H2,1-2H3. The monoisotopic (exact) mass is 262 g/mol. The number of methoxy groups -OCH3 is 1. The van der Waals surface area contributed by atoms with Crippen molar-refractivity contribution in [3.05, 3.63) is 29.6 Å². The molecule has 0 aliphatic heterocycles. The van der Waals surface area contributed by atoms with Gasteiger partial charge in [-0.3, -0.25) is 9.59 Å². The number of carbonyl (C=O) groups excluding carboxylic acids is 2. The first-order valence-corrected chi connectivity index (χ1v) is 5.47. The molecule has 0 aliphatic carbocycles. The first-order chi connectivity index (χ1) is 9.10. The van der Waals surface area contributed by atoms with Gasteiger partial charge < -0.3 is 14.7 Å². The number of aromatic nitrogens is 1. The average Bonchev–Trinajstić information content (AvgIpc) is 2.44. The van der Waals surface area contributed by atoms with Gasteiger partial charge >= 0.3 is 5.97 Å². The van der Waals surface area contributed by atoms with E-state index in [4.69, 9.17) is 5.11 Å². The molecule has 6 nitrogen and oxygen atoms in total. The van der Waals surface area contributed by atoms with Gasteiger partial charge in [0, 0.05) is 13.2 Å². The SMILES string of the molecule is COC(=O)CN(C)C(=O)c1ncccc1C#CCO. The summed E-state index contributed by atoms with van der Waals surface area (Å²) in [6.07, 6.45) is 1.46. The van der Waals surface area contributed by atoms with E-state index in [1.165, 1.54) is 25.3 Å². The van der Waals surface area contributed by atoms with Crippen molar-refractivity contribution in [3.63, 3.8) is 0 Å². The molecule has 19 heavy (non-hydrogen) atoms. The minimum Gasteiger partial charge on any atom is -0.468 e. The summed E-state index contributed by atoms with van der Waals surface area (Å²) < 4.78 is 4.49. The Balaban J connectivity index is 2.96. The van der Waals surface area contributed by atoms with Crippen LogP contribution in [0.25, 0.3) is 0 Å². The van der Waals surface area contributed by atoms with Crippen molar-refractivity contribution < 1.29 is 19.4 Å². The molecule has 0 unspecified atom stereocenters. The first kappa shape index (κ1) is 14.7. The van der Waals surface area contributed by atoms with Crippen LogP contribution in [0.15, 0.2) is 18.3 Å². The molecule has 0 fully saturated rings. The smallest absolute Gasteiger partial charge is 0.325 e. The van der Waals surface area contributed by atoms with Gasteiger partial charge in [-0.15, -0.1) is 0 Å². The molecule has 6 heteroatoms. The van der Waals surface area contributed by atoms with Gasteiger partial charge in [0.15, 0.2) is 0 Å². The molecule has 100 valence electrons. The van der Waals surface area contributed by atoms with Gasteiger partial charge in [-0.2, -0.15) is 0 Å². The number of nitrogens with zero attached hydrogens (tertiary/aromatic N) is 2. The van der Waals surface area contributed by atoms with Gasteiger partial charge in [0.05, 0.1) is 12.7 Å². The summed E-state index contributed by atoms with van der Waals surface area (Å²) in [5, 5.41) is 8.67. The van der Waals surface area contributed by atoms with Gasteiger partial charge in [0.2, 0.25) is 0 Å². The summed E-state index contributed by atoms with van der Waals surface area (Å²) in [4.78, 5) is 28.4. The number of hydrogen-bond acceptors (Lipinski definition) is 5. The third-order valence-corrected chi connectivity index (χ3v) is 2.25. The fourth-order valence-electron chi connectivity index (χ4n) is 1.32. The first-order valence-electron chi connectivity index (χ1n) is 5.47. The molecular formula is C13H14N2O4. The molecule has 1 amide bonds. The predicted molar refractivity (Wildman–Crippen MR) is 67.2 cm³/mol. The van der Waals surface area contributed by atoms with Gasteiger partial charge in [-0.25, -0.2) is 4.98 Å². The lowest BCUT2D eigenvalue weighted by Crippen LogP contribution is -2.33. The maximum Gasteiger partial charge on any atom is 0.325 e. The van der Waals surface area contributed by atoms with Crippen molar-refractivity contribution in [2.45, 2.75) is 0 Å². The fraction of sp³-hybridized carbons (Fsp3) is 0.308. The molecule has 0 spiro atoms. The van der Waals surface area contributed by atoms with Gasteiger partial charge in [0.1, 0.15) is 18.8 Å². The Morgan fingerprint density at radius 1 is 1.53 bits per heavy atom. The Kier molecular flexibility index (Phi) is 5.51. The Morgan fingerprint density at radius 3 is 2.89 bits per heavy atom. The zero-order chi connectivity index (χ0) is 14.3. The third kappa shape index (κ3) is 4.08. The second-order valence-corrected chi connectivity index (χ2v) is 3.60. The van der Waals surface area contributed by atoms with E-state index in [9.17, 15) is 9.59 Å². The number of amides is 1. The molecule has 0 aromatic carbocycles. The summed E-state index contributed by atoms with van der Waals surface area (Å²) in [5.41, 5.74) is 0.535. The largest absolute Gasteiger partial charge is 0.468 e. The predicted octanol–water partition coefficient (Wildman–Crippen LogP) is -0.330. The average molecular weight is 262 g/mol. The van der Waals surface area contributed by atoms with Crippen LogP contribution in [0.3, 0.4) is 0 Å². The maximum absolute atomic E-state index is 12.1. The molecule has 1 N–H and O–H groups in total. The van der Waals surface area contributed by atoms with Crippen LogP contribution in [-0.2, 0) is 9.53 Å². The summed E-state index contributed by atoms with van der Waals surface area (Å²) in [5.74, 6) is 4.14. The molecule has 1 aromatic heterocycles. The van der Waals surface area contributed by atoms with Crippen LogP contribution < -0.4 is 0 Å². The summed E-state index contributed by atoms with van der Waals surface area (Å²) >= 11 is 0. The zero-order valence-electron chi connectivity index (χ0n) is 10.7. The number of aliphatic hydroxyl groups excluding tert-OH is 1. The number of ether oxygens (including phenoxy) is 1. The van der Waals surface area contributed by atoms with E-state index in [0.717, 1.165) is 0 Å². The van der Waals surface area contributed by atoms with E-state index < -0.39 is 11.9 Å². The minimum absolute atomic E-state index is 0.134. The molecule has 0 saturated carbocycles. The summed E-state index contributed by atoms with van der Waals surface area (Å²) in [7, 11) is 2.72. The highest BCUT2D eigenvalue weighted by molar-refractivity contribution is 5.96. The normalized spacial score (nSPS) is 9.21. The molecule has 0 atom stereocenters. The molecule has 1 aromatic rings. The van der Waals surface area contributed by atoms with Crippen LogP contribution >= 0.6 is 0 Å². The number of esters is 1. The summed E-state index contributed by atoms with van der Waals surface area (Å²) in [6, 6.07) is 3.26. The van der Waals surface area contributed by atoms with E-state index in [1.807, 2.05) is 0 Å². The Hall–Kier alpha value is -2.39. The molecule has 0 radical (unpaired) electrons. The van der Waals surface area contributed by atoms with Crippen LogP contribution in [0.4, 0.5) is 0 Å². The maximum atomic E-state index is 12.1. The minimum atomic E-state index is -0.519. The van der Waals surface area contributed by atoms with Crippen molar-refractivity contribution >= 4 is 11.9 Å². The lowest BCUT2D eigenvalue weighted by atomic mass is 10.2. The van der Waals surface area contributed by atoms with Crippen molar-refractivity contribution in [1.29, 1.82) is 0 Å². The molecule has 1 heterocycles. The number of rotatable bonds is 3.